The lowest BCUT2D eigenvalue weighted by atomic mass is 9.85. The van der Waals surface area contributed by atoms with Gasteiger partial charge in [-0.15, -0.1) is 0 Å². The van der Waals surface area contributed by atoms with E-state index < -0.39 is 58.4 Å². The van der Waals surface area contributed by atoms with Gasteiger partial charge in [-0.1, -0.05) is 52.8 Å². The van der Waals surface area contributed by atoms with E-state index in [4.69, 9.17) is 5.73 Å². The standard InChI is InChI=1S/C22H33FN4O5/c1-13(2)10-15(12-27(31)32)20(29)26-18(22(3,4)5)21(30)25-17(19(24)28)11-14-8-6-7-9-16(14)23/h6-9,13,15,17-18H,10-12H2,1-5H3,(H2,24,28)(H,25,30)(H,26,29)/t15-,17-,18-/m1/s1. The molecule has 0 aliphatic carbocycles. The Hall–Kier alpha value is -3.04. The Morgan fingerprint density at radius 1 is 1.12 bits per heavy atom. The summed E-state index contributed by atoms with van der Waals surface area (Å²) in [5.74, 6) is -3.57. The number of carbonyl (C=O) groups excluding carboxylic acids is 3. The molecule has 0 radical (unpaired) electrons. The molecule has 0 bridgehead atoms. The summed E-state index contributed by atoms with van der Waals surface area (Å²) >= 11 is 0. The highest BCUT2D eigenvalue weighted by atomic mass is 19.1. The van der Waals surface area contributed by atoms with Crippen LogP contribution in [0.4, 0.5) is 4.39 Å². The zero-order chi connectivity index (χ0) is 24.6. The molecule has 0 spiro atoms. The number of nitrogens with one attached hydrogen (secondary N) is 2. The Kier molecular flexibility index (Phi) is 9.74. The molecular weight excluding hydrogens is 419 g/mol. The van der Waals surface area contributed by atoms with E-state index in [9.17, 15) is 28.9 Å². The Labute approximate surface area is 187 Å². The topological polar surface area (TPSA) is 144 Å². The average Bonchev–Trinajstić information content (AvgIpc) is 2.64. The third-order valence-electron chi connectivity index (χ3n) is 4.95. The quantitative estimate of drug-likeness (QED) is 0.346. The second-order valence-corrected chi connectivity index (χ2v) is 9.41. The van der Waals surface area contributed by atoms with Crippen molar-refractivity contribution in [2.45, 2.75) is 59.5 Å². The SMILES string of the molecule is CC(C)C[C@H](C[N+](=O)[O-])C(=O)N[C@H](C(=O)N[C@H](Cc1ccccc1F)C(N)=O)C(C)(C)C. The van der Waals surface area contributed by atoms with Crippen LogP contribution in [0.1, 0.15) is 46.6 Å². The average molecular weight is 453 g/mol. The molecule has 3 amide bonds. The zero-order valence-electron chi connectivity index (χ0n) is 19.2. The van der Waals surface area contributed by atoms with Gasteiger partial charge in [-0.25, -0.2) is 4.39 Å². The van der Waals surface area contributed by atoms with Crippen LogP contribution >= 0.6 is 0 Å². The Bertz CT molecular complexity index is 838. The van der Waals surface area contributed by atoms with Crippen molar-refractivity contribution in [3.05, 3.63) is 45.8 Å². The number of carbonyl (C=O) groups is 3. The number of primary amides is 1. The van der Waals surface area contributed by atoms with Crippen LogP contribution in [-0.4, -0.2) is 41.3 Å². The molecule has 0 unspecified atom stereocenters. The van der Waals surface area contributed by atoms with Gasteiger partial charge in [-0.05, 0) is 29.4 Å². The number of nitrogens with two attached hydrogens (primary N) is 1. The Balaban J connectivity index is 3.05. The van der Waals surface area contributed by atoms with Crippen molar-refractivity contribution in [3.8, 4) is 0 Å². The second kappa shape index (κ2) is 11.5. The number of nitrogens with zero attached hydrogens (tertiary/aromatic N) is 1. The number of benzene rings is 1. The van der Waals surface area contributed by atoms with E-state index in [-0.39, 0.29) is 24.3 Å². The fourth-order valence-corrected chi connectivity index (χ4v) is 3.31. The van der Waals surface area contributed by atoms with Crippen LogP contribution in [-0.2, 0) is 20.8 Å². The van der Waals surface area contributed by atoms with Gasteiger partial charge in [0.2, 0.25) is 24.3 Å². The molecule has 1 aromatic carbocycles. The molecule has 0 fully saturated rings. The van der Waals surface area contributed by atoms with Gasteiger partial charge in [0.15, 0.2) is 0 Å². The normalized spacial score (nSPS) is 14.3. The fourth-order valence-electron chi connectivity index (χ4n) is 3.31. The van der Waals surface area contributed by atoms with E-state index in [0.29, 0.717) is 0 Å². The minimum absolute atomic E-state index is 0.0348. The number of nitro groups is 1. The Morgan fingerprint density at radius 2 is 1.72 bits per heavy atom. The lowest BCUT2D eigenvalue weighted by molar-refractivity contribution is -0.486. The lowest BCUT2D eigenvalue weighted by Gasteiger charge is -2.32. The van der Waals surface area contributed by atoms with Crippen LogP contribution in [0.15, 0.2) is 24.3 Å². The molecular formula is C22H33FN4O5. The minimum Gasteiger partial charge on any atom is -0.368 e. The molecule has 0 aromatic heterocycles. The number of hydrogen-bond donors (Lipinski definition) is 3. The van der Waals surface area contributed by atoms with Gasteiger partial charge in [0.05, 0.1) is 0 Å². The van der Waals surface area contributed by atoms with Gasteiger partial charge in [0.25, 0.3) is 0 Å². The third kappa shape index (κ3) is 8.60. The van der Waals surface area contributed by atoms with E-state index in [1.807, 2.05) is 13.8 Å². The molecule has 4 N–H and O–H groups in total. The largest absolute Gasteiger partial charge is 0.368 e. The molecule has 1 rings (SSSR count). The summed E-state index contributed by atoms with van der Waals surface area (Å²) in [6.07, 6.45) is 0.123. The molecule has 0 heterocycles. The maximum absolute atomic E-state index is 14.0. The molecule has 0 aliphatic rings. The summed E-state index contributed by atoms with van der Waals surface area (Å²) in [5.41, 5.74) is 4.84. The molecule has 32 heavy (non-hydrogen) atoms. The smallest absolute Gasteiger partial charge is 0.243 e. The zero-order valence-corrected chi connectivity index (χ0v) is 19.2. The number of hydrogen-bond acceptors (Lipinski definition) is 5. The van der Waals surface area contributed by atoms with Crippen LogP contribution in [0.5, 0.6) is 0 Å². The van der Waals surface area contributed by atoms with Crippen LogP contribution in [0.3, 0.4) is 0 Å². The summed E-state index contributed by atoms with van der Waals surface area (Å²) in [6, 6.07) is 3.51. The highest BCUT2D eigenvalue weighted by Crippen LogP contribution is 2.22. The molecule has 1 aromatic rings. The highest BCUT2D eigenvalue weighted by Gasteiger charge is 2.37. The molecule has 9 nitrogen and oxygen atoms in total. The first-order valence-electron chi connectivity index (χ1n) is 10.5. The van der Waals surface area contributed by atoms with Crippen LogP contribution in [0, 0.1) is 33.2 Å². The van der Waals surface area contributed by atoms with Gasteiger partial charge in [0, 0.05) is 11.3 Å². The van der Waals surface area contributed by atoms with Crippen molar-refractivity contribution < 1.29 is 23.7 Å². The summed E-state index contributed by atoms with van der Waals surface area (Å²) in [5, 5.41) is 16.1. The molecule has 10 heteroatoms. The van der Waals surface area contributed by atoms with E-state index in [1.165, 1.54) is 18.2 Å². The molecule has 0 saturated heterocycles. The number of rotatable bonds is 11. The molecule has 178 valence electrons. The Morgan fingerprint density at radius 3 is 2.19 bits per heavy atom. The van der Waals surface area contributed by atoms with Crippen molar-refractivity contribution in [2.75, 3.05) is 6.54 Å². The van der Waals surface area contributed by atoms with E-state index >= 15 is 0 Å². The van der Waals surface area contributed by atoms with Crippen molar-refractivity contribution in [2.24, 2.45) is 23.0 Å². The van der Waals surface area contributed by atoms with Crippen molar-refractivity contribution in [1.29, 1.82) is 0 Å². The van der Waals surface area contributed by atoms with Crippen LogP contribution in [0.2, 0.25) is 0 Å². The van der Waals surface area contributed by atoms with E-state index in [0.717, 1.165) is 0 Å². The molecule has 0 aliphatic heterocycles. The molecule has 0 saturated carbocycles. The first kappa shape index (κ1) is 27.0. The van der Waals surface area contributed by atoms with Crippen molar-refractivity contribution in [3.63, 3.8) is 0 Å². The first-order chi connectivity index (χ1) is 14.7. The van der Waals surface area contributed by atoms with E-state index in [2.05, 4.69) is 10.6 Å². The van der Waals surface area contributed by atoms with Crippen LogP contribution in [0.25, 0.3) is 0 Å². The van der Waals surface area contributed by atoms with Gasteiger partial charge < -0.3 is 16.4 Å². The lowest BCUT2D eigenvalue weighted by Crippen LogP contribution is -2.58. The minimum atomic E-state index is -1.20. The van der Waals surface area contributed by atoms with Crippen molar-refractivity contribution >= 4 is 17.7 Å². The maximum Gasteiger partial charge on any atom is 0.243 e. The van der Waals surface area contributed by atoms with Gasteiger partial charge in [-0.3, -0.25) is 24.5 Å². The van der Waals surface area contributed by atoms with Crippen molar-refractivity contribution in [1.82, 2.24) is 10.6 Å². The fraction of sp³-hybridized carbons (Fsp3) is 0.591. The summed E-state index contributed by atoms with van der Waals surface area (Å²) in [4.78, 5) is 48.2. The van der Waals surface area contributed by atoms with Gasteiger partial charge in [-0.2, -0.15) is 0 Å². The number of amides is 3. The first-order valence-corrected chi connectivity index (χ1v) is 10.5. The predicted octanol–water partition coefficient (Wildman–Crippen LogP) is 1.81. The number of halogens is 1. The molecule has 3 atom stereocenters. The highest BCUT2D eigenvalue weighted by molar-refractivity contribution is 5.92. The summed E-state index contributed by atoms with van der Waals surface area (Å²) in [6.45, 7) is 8.25. The van der Waals surface area contributed by atoms with E-state index in [1.54, 1.807) is 26.8 Å². The van der Waals surface area contributed by atoms with Gasteiger partial charge >= 0.3 is 0 Å². The third-order valence-corrected chi connectivity index (χ3v) is 4.95. The van der Waals surface area contributed by atoms with Gasteiger partial charge in [0.1, 0.15) is 23.8 Å². The predicted molar refractivity (Wildman–Crippen MR) is 117 cm³/mol. The monoisotopic (exact) mass is 452 g/mol. The summed E-state index contributed by atoms with van der Waals surface area (Å²) < 4.78 is 14.0. The summed E-state index contributed by atoms with van der Waals surface area (Å²) in [7, 11) is 0. The van der Waals surface area contributed by atoms with Crippen LogP contribution < -0.4 is 16.4 Å². The maximum atomic E-state index is 14.0. The second-order valence-electron chi connectivity index (χ2n) is 9.41.